The zero-order valence-corrected chi connectivity index (χ0v) is 13.2. The molecule has 0 spiro atoms. The van der Waals surface area contributed by atoms with Crippen LogP contribution in [0.25, 0.3) is 0 Å². The van der Waals surface area contributed by atoms with E-state index < -0.39 is 23.8 Å². The molecule has 0 fully saturated rings. The molecule has 0 unspecified atom stereocenters. The van der Waals surface area contributed by atoms with Gasteiger partial charge in [0.2, 0.25) is 11.8 Å². The molecule has 2 rings (SSSR count). The molecule has 26 heavy (non-hydrogen) atoms. The van der Waals surface area contributed by atoms with Crippen LogP contribution in [0.1, 0.15) is 20.7 Å². The van der Waals surface area contributed by atoms with Crippen LogP contribution in [0, 0.1) is 11.8 Å². The number of carbonyl (C=O) groups excluding carboxylic acids is 4. The second kappa shape index (κ2) is 12.2. The zero-order chi connectivity index (χ0) is 19.9. The second-order valence-electron chi connectivity index (χ2n) is 4.13. The molecule has 0 aliphatic carbocycles. The molecule has 134 valence electrons. The van der Waals surface area contributed by atoms with Crippen LogP contribution in [0.4, 0.5) is 0 Å². The van der Waals surface area contributed by atoms with Crippen molar-refractivity contribution in [2.24, 2.45) is 11.5 Å². The van der Waals surface area contributed by atoms with E-state index >= 15 is 0 Å². The van der Waals surface area contributed by atoms with Gasteiger partial charge in [0.05, 0.1) is 11.1 Å². The normalized spacial score (nSPS) is 8.15. The fourth-order valence-corrected chi connectivity index (χ4v) is 1.20. The summed E-state index contributed by atoms with van der Waals surface area (Å²) >= 11 is 0. The van der Waals surface area contributed by atoms with Gasteiger partial charge in [0.25, 0.3) is 0 Å². The number of nitrogens with two attached hydrogens (primary N) is 2. The second-order valence-corrected chi connectivity index (χ2v) is 4.13. The van der Waals surface area contributed by atoms with E-state index in [1.54, 1.807) is 49.1 Å². The molecule has 0 radical (unpaired) electrons. The minimum atomic E-state index is -1.73. The van der Waals surface area contributed by atoms with E-state index in [1.165, 1.54) is 11.8 Å². The predicted octanol–water partition coefficient (Wildman–Crippen LogP) is -4.31. The van der Waals surface area contributed by atoms with E-state index in [-0.39, 0.29) is 0 Å². The average Bonchev–Trinajstić information content (AvgIpc) is 2.62. The van der Waals surface area contributed by atoms with Crippen molar-refractivity contribution in [3.63, 3.8) is 0 Å². The van der Waals surface area contributed by atoms with Crippen molar-refractivity contribution in [1.82, 2.24) is 0 Å². The van der Waals surface area contributed by atoms with E-state index in [0.717, 1.165) is 0 Å². The molecule has 0 aromatic carbocycles. The van der Waals surface area contributed by atoms with Crippen molar-refractivity contribution in [3.8, 4) is 11.8 Å². The number of amides is 2. The molecular formula is C16H14N4O6. The Morgan fingerprint density at radius 1 is 0.692 bits per heavy atom. The maximum atomic E-state index is 10.4. The fraction of sp³-hybridized carbons (Fsp3) is 0. The van der Waals surface area contributed by atoms with E-state index in [9.17, 15) is 29.4 Å². The van der Waals surface area contributed by atoms with E-state index in [4.69, 9.17) is 11.5 Å². The lowest BCUT2D eigenvalue weighted by Crippen LogP contribution is -2.23. The number of aromatic nitrogens is 2. The van der Waals surface area contributed by atoms with Gasteiger partial charge in [0.15, 0.2) is 24.8 Å². The number of nitrogens with one attached hydrogen (secondary N) is 2. The van der Waals surface area contributed by atoms with Crippen LogP contribution < -0.4 is 31.6 Å². The van der Waals surface area contributed by atoms with Crippen molar-refractivity contribution >= 4 is 23.8 Å². The highest BCUT2D eigenvalue weighted by molar-refractivity contribution is 5.94. The number of rotatable bonds is 2. The van der Waals surface area contributed by atoms with E-state index in [1.807, 2.05) is 0 Å². The van der Waals surface area contributed by atoms with Crippen molar-refractivity contribution < 1.29 is 39.4 Å². The number of hydrogen-bond donors (Lipinski definition) is 2. The van der Waals surface area contributed by atoms with Gasteiger partial charge in [-0.25, -0.2) is 9.97 Å². The molecule has 2 amide bonds. The number of aromatic amines is 2. The Balaban J connectivity index is 0.000000362. The van der Waals surface area contributed by atoms with Gasteiger partial charge in [-0.05, 0) is 11.8 Å². The van der Waals surface area contributed by atoms with Gasteiger partial charge in [-0.2, -0.15) is 0 Å². The molecule has 10 heteroatoms. The van der Waals surface area contributed by atoms with Crippen LogP contribution in [-0.4, -0.2) is 23.8 Å². The number of carboxylic acid groups (broad SMARTS) is 2. The molecule has 0 saturated carbocycles. The third kappa shape index (κ3) is 11.3. The Bertz CT molecular complexity index is 745. The fourth-order valence-electron chi connectivity index (χ4n) is 1.20. The highest BCUT2D eigenvalue weighted by Crippen LogP contribution is 1.90. The van der Waals surface area contributed by atoms with Crippen LogP contribution in [0.5, 0.6) is 0 Å². The topological polar surface area (TPSA) is 195 Å². The number of aliphatic carboxylic acids is 2. The summed E-state index contributed by atoms with van der Waals surface area (Å²) in [6.07, 6.45) is 6.61. The summed E-state index contributed by atoms with van der Waals surface area (Å²) in [5.74, 6) is -1.78. The minimum absolute atomic E-state index is 0.399. The van der Waals surface area contributed by atoms with Crippen molar-refractivity contribution in [1.29, 1.82) is 0 Å². The van der Waals surface area contributed by atoms with Gasteiger partial charge in [-0.3, -0.25) is 9.59 Å². The molecule has 10 nitrogen and oxygen atoms in total. The molecule has 0 bridgehead atoms. The number of carboxylic acids is 2. The number of hydrogen-bond acceptors (Lipinski definition) is 6. The maximum Gasteiger partial charge on any atom is 0.249 e. The SMILES string of the molecule is NC(=O)c1cc[nH+]cc1.NC(=O)c1cc[nH+]cc1.O=C([O-])C#CC(=O)[O-]. The van der Waals surface area contributed by atoms with Gasteiger partial charge >= 0.3 is 0 Å². The molecule has 2 aromatic heterocycles. The highest BCUT2D eigenvalue weighted by Gasteiger charge is 1.97. The van der Waals surface area contributed by atoms with Crippen molar-refractivity contribution in [2.45, 2.75) is 0 Å². The standard InChI is InChI=1S/2C6H6N2O.C4H2O4/c2*7-6(9)5-1-3-8-4-2-5;5-3(6)1-2-4(7)8/h2*1-4H,(H2,7,9);(H,5,6)(H,7,8). The Hall–Kier alpha value is -4.26. The molecule has 6 N–H and O–H groups in total. The molecule has 0 aliphatic heterocycles. The summed E-state index contributed by atoms with van der Waals surface area (Å²) in [5.41, 5.74) is 11.0. The monoisotopic (exact) mass is 358 g/mol. The van der Waals surface area contributed by atoms with Crippen molar-refractivity contribution in [3.05, 3.63) is 60.2 Å². The lowest BCUT2D eigenvalue weighted by Gasteiger charge is -1.85. The largest absolute Gasteiger partial charge is 0.537 e. The first-order chi connectivity index (χ1) is 12.2. The number of pyridine rings is 2. The summed E-state index contributed by atoms with van der Waals surface area (Å²) in [6, 6.07) is 6.51. The quantitative estimate of drug-likeness (QED) is 0.509. The van der Waals surface area contributed by atoms with Crippen LogP contribution in [-0.2, 0) is 9.59 Å². The Morgan fingerprint density at radius 2 is 0.962 bits per heavy atom. The third-order valence-corrected chi connectivity index (χ3v) is 2.27. The Kier molecular flexibility index (Phi) is 10.2. The predicted molar refractivity (Wildman–Crippen MR) is 80.8 cm³/mol. The van der Waals surface area contributed by atoms with E-state index in [2.05, 4.69) is 9.97 Å². The molecule has 0 atom stereocenters. The van der Waals surface area contributed by atoms with Crippen LogP contribution in [0.15, 0.2) is 49.1 Å². The Labute approximate surface area is 147 Å². The van der Waals surface area contributed by atoms with Gasteiger partial charge in [0.1, 0.15) is 11.9 Å². The molecule has 2 aromatic rings. The van der Waals surface area contributed by atoms with Gasteiger partial charge in [0, 0.05) is 24.3 Å². The van der Waals surface area contributed by atoms with Gasteiger partial charge < -0.3 is 31.3 Å². The number of carbonyl (C=O) groups is 4. The summed E-state index contributed by atoms with van der Waals surface area (Å²) < 4.78 is 0. The van der Waals surface area contributed by atoms with Crippen LogP contribution >= 0.6 is 0 Å². The van der Waals surface area contributed by atoms with Gasteiger partial charge in [-0.1, -0.05) is 0 Å². The molecule has 2 heterocycles. The highest BCUT2D eigenvalue weighted by atomic mass is 16.4. The number of H-pyrrole nitrogens is 2. The molecule has 0 saturated heterocycles. The molecule has 0 aliphatic rings. The first-order valence-electron chi connectivity index (χ1n) is 6.69. The summed E-state index contributed by atoms with van der Waals surface area (Å²) in [4.78, 5) is 45.0. The zero-order valence-electron chi connectivity index (χ0n) is 13.2. The minimum Gasteiger partial charge on any atom is -0.537 e. The van der Waals surface area contributed by atoms with E-state index in [0.29, 0.717) is 11.1 Å². The summed E-state index contributed by atoms with van der Waals surface area (Å²) in [5, 5.41) is 18.7. The Morgan fingerprint density at radius 3 is 1.12 bits per heavy atom. The smallest absolute Gasteiger partial charge is 0.249 e. The third-order valence-electron chi connectivity index (χ3n) is 2.27. The lowest BCUT2D eigenvalue weighted by atomic mass is 10.3. The van der Waals surface area contributed by atoms with Crippen LogP contribution in [0.3, 0.4) is 0 Å². The molecular weight excluding hydrogens is 344 g/mol. The first kappa shape index (κ1) is 21.7. The maximum absolute atomic E-state index is 10.4. The number of primary amides is 2. The summed E-state index contributed by atoms with van der Waals surface area (Å²) in [7, 11) is 0. The van der Waals surface area contributed by atoms with Crippen molar-refractivity contribution in [2.75, 3.05) is 0 Å². The van der Waals surface area contributed by atoms with Gasteiger partial charge in [-0.15, -0.1) is 0 Å². The average molecular weight is 358 g/mol. The summed E-state index contributed by atoms with van der Waals surface area (Å²) in [6.45, 7) is 0. The first-order valence-corrected chi connectivity index (χ1v) is 6.69. The van der Waals surface area contributed by atoms with Crippen LogP contribution in [0.2, 0.25) is 0 Å². The lowest BCUT2D eigenvalue weighted by molar-refractivity contribution is -0.378.